The molecule has 2 aromatic rings. The van der Waals surface area contributed by atoms with E-state index in [4.69, 9.17) is 0 Å². The van der Waals surface area contributed by atoms with E-state index in [2.05, 4.69) is 60.6 Å². The molecule has 1 aliphatic carbocycles. The molecule has 1 aliphatic rings. The molecule has 0 spiro atoms. The lowest BCUT2D eigenvalue weighted by Crippen LogP contribution is -2.35. The topological polar surface area (TPSA) is 37.8 Å². The number of hydrogen-bond donors (Lipinski definition) is 1. The smallest absolute Gasteiger partial charge is 0.131 e. The van der Waals surface area contributed by atoms with Crippen molar-refractivity contribution in [1.82, 2.24) is 15.5 Å². The summed E-state index contributed by atoms with van der Waals surface area (Å²) in [7, 11) is 0. The van der Waals surface area contributed by atoms with Gasteiger partial charge in [-0.2, -0.15) is 0 Å². The number of aromatic nitrogens is 2. The van der Waals surface area contributed by atoms with Crippen LogP contribution in [0.4, 0.5) is 0 Å². The van der Waals surface area contributed by atoms with Crippen molar-refractivity contribution in [3.8, 4) is 0 Å². The molecule has 19 heavy (non-hydrogen) atoms. The van der Waals surface area contributed by atoms with Gasteiger partial charge in [-0.3, -0.25) is 0 Å². The molecule has 0 saturated heterocycles. The van der Waals surface area contributed by atoms with Crippen LogP contribution >= 0.6 is 11.3 Å². The molecule has 0 bridgehead atoms. The van der Waals surface area contributed by atoms with E-state index in [-0.39, 0.29) is 5.54 Å². The Kier molecular flexibility index (Phi) is 3.15. The van der Waals surface area contributed by atoms with E-state index in [0.717, 1.165) is 23.0 Å². The summed E-state index contributed by atoms with van der Waals surface area (Å²) < 4.78 is 0. The molecule has 1 aromatic carbocycles. The van der Waals surface area contributed by atoms with Gasteiger partial charge in [0.2, 0.25) is 0 Å². The highest BCUT2D eigenvalue weighted by Crippen LogP contribution is 2.40. The second kappa shape index (κ2) is 4.69. The Labute approximate surface area is 118 Å². The molecule has 0 fully saturated rings. The zero-order valence-corrected chi connectivity index (χ0v) is 12.4. The maximum atomic E-state index is 4.37. The van der Waals surface area contributed by atoms with Crippen LogP contribution in [0.25, 0.3) is 0 Å². The summed E-state index contributed by atoms with van der Waals surface area (Å²) in [5.74, 6) is 0.470. The number of nitrogens with zero attached hydrogens (tertiary/aromatic N) is 2. The lowest BCUT2D eigenvalue weighted by molar-refractivity contribution is 0.423. The molecule has 4 heteroatoms. The average Bonchev–Trinajstić information content (AvgIpc) is 2.76. The molecule has 0 aliphatic heterocycles. The van der Waals surface area contributed by atoms with Crippen LogP contribution in [0.1, 0.15) is 47.8 Å². The molecule has 3 nitrogen and oxygen atoms in total. The number of rotatable bonds is 3. The van der Waals surface area contributed by atoms with E-state index < -0.39 is 0 Å². The molecule has 1 aromatic heterocycles. The number of hydrogen-bond acceptors (Lipinski definition) is 4. The highest BCUT2D eigenvalue weighted by Gasteiger charge is 2.29. The predicted octanol–water partition coefficient (Wildman–Crippen LogP) is 3.11. The average molecular weight is 273 g/mol. The first-order chi connectivity index (χ1) is 9.03. The summed E-state index contributed by atoms with van der Waals surface area (Å²) in [6.07, 6.45) is 1.11. The van der Waals surface area contributed by atoms with E-state index in [0.29, 0.717) is 5.92 Å². The number of fused-ring (bicyclic) bond motifs is 1. The maximum absolute atomic E-state index is 4.37. The summed E-state index contributed by atoms with van der Waals surface area (Å²) in [4.78, 5) is 0. The highest BCUT2D eigenvalue weighted by molar-refractivity contribution is 7.11. The fourth-order valence-corrected chi connectivity index (χ4v) is 3.20. The van der Waals surface area contributed by atoms with Crippen LogP contribution in [0, 0.1) is 0 Å². The standard InChI is InChI=1S/C15H19N3S/c1-15(2,3)16-9-13-17-18-14(19-13)12-8-10-6-4-5-7-11(10)12/h4-7,12,16H,8-9H2,1-3H3. The van der Waals surface area contributed by atoms with E-state index in [1.54, 1.807) is 11.3 Å². The normalized spacial score (nSPS) is 17.9. The molecular weight excluding hydrogens is 254 g/mol. The maximum Gasteiger partial charge on any atom is 0.131 e. The van der Waals surface area contributed by atoms with Crippen LogP contribution in [0.2, 0.25) is 0 Å². The fraction of sp³-hybridized carbons (Fsp3) is 0.467. The minimum Gasteiger partial charge on any atom is -0.306 e. The minimum absolute atomic E-state index is 0.120. The zero-order chi connectivity index (χ0) is 13.5. The van der Waals surface area contributed by atoms with Gasteiger partial charge in [-0.1, -0.05) is 35.6 Å². The van der Waals surface area contributed by atoms with Crippen molar-refractivity contribution < 1.29 is 0 Å². The Balaban J connectivity index is 1.70. The van der Waals surface area contributed by atoms with Crippen molar-refractivity contribution in [2.45, 2.75) is 45.2 Å². The predicted molar refractivity (Wildman–Crippen MR) is 78.5 cm³/mol. The molecular formula is C15H19N3S. The Morgan fingerprint density at radius 1 is 1.26 bits per heavy atom. The third-order valence-corrected chi connectivity index (χ3v) is 4.44. The first-order valence-corrected chi connectivity index (χ1v) is 7.50. The molecule has 0 saturated carbocycles. The van der Waals surface area contributed by atoms with Gasteiger partial charge in [-0.05, 0) is 38.3 Å². The van der Waals surface area contributed by atoms with Crippen LogP contribution in [0.15, 0.2) is 24.3 Å². The lowest BCUT2D eigenvalue weighted by Gasteiger charge is -2.27. The fourth-order valence-electron chi connectivity index (χ4n) is 2.30. The van der Waals surface area contributed by atoms with Crippen LogP contribution < -0.4 is 5.32 Å². The highest BCUT2D eigenvalue weighted by atomic mass is 32.1. The third kappa shape index (κ3) is 2.69. The lowest BCUT2D eigenvalue weighted by atomic mass is 9.78. The zero-order valence-electron chi connectivity index (χ0n) is 11.6. The van der Waals surface area contributed by atoms with E-state index in [1.807, 2.05) is 0 Å². The Morgan fingerprint density at radius 2 is 2.05 bits per heavy atom. The van der Waals surface area contributed by atoms with Crippen molar-refractivity contribution in [3.05, 3.63) is 45.4 Å². The van der Waals surface area contributed by atoms with Gasteiger partial charge in [-0.25, -0.2) is 0 Å². The summed E-state index contributed by atoms with van der Waals surface area (Å²) in [5.41, 5.74) is 3.00. The van der Waals surface area contributed by atoms with Crippen molar-refractivity contribution in [1.29, 1.82) is 0 Å². The minimum atomic E-state index is 0.120. The number of benzene rings is 1. The monoisotopic (exact) mass is 273 g/mol. The van der Waals surface area contributed by atoms with Crippen molar-refractivity contribution in [3.63, 3.8) is 0 Å². The first-order valence-electron chi connectivity index (χ1n) is 6.68. The van der Waals surface area contributed by atoms with Crippen molar-refractivity contribution in [2.75, 3.05) is 0 Å². The summed E-state index contributed by atoms with van der Waals surface area (Å²) in [6, 6.07) is 8.62. The Bertz CT molecular complexity index is 583. The quantitative estimate of drug-likeness (QED) is 0.933. The van der Waals surface area contributed by atoms with E-state index in [1.165, 1.54) is 11.1 Å². The summed E-state index contributed by atoms with van der Waals surface area (Å²) >= 11 is 1.74. The Hall–Kier alpha value is -1.26. The van der Waals surface area contributed by atoms with Gasteiger partial charge >= 0.3 is 0 Å². The summed E-state index contributed by atoms with van der Waals surface area (Å²) in [6.45, 7) is 7.29. The second-order valence-electron chi connectivity index (χ2n) is 6.09. The molecule has 1 atom stereocenters. The molecule has 3 rings (SSSR count). The van der Waals surface area contributed by atoms with Crippen molar-refractivity contribution in [2.24, 2.45) is 0 Å². The van der Waals surface area contributed by atoms with Gasteiger partial charge < -0.3 is 5.32 Å². The molecule has 1 unspecified atom stereocenters. The van der Waals surface area contributed by atoms with Crippen LogP contribution in [-0.4, -0.2) is 15.7 Å². The molecule has 0 amide bonds. The van der Waals surface area contributed by atoms with Gasteiger partial charge in [-0.15, -0.1) is 10.2 Å². The van der Waals surface area contributed by atoms with E-state index >= 15 is 0 Å². The van der Waals surface area contributed by atoms with Gasteiger partial charge in [0.25, 0.3) is 0 Å². The third-order valence-electron chi connectivity index (χ3n) is 3.41. The van der Waals surface area contributed by atoms with Gasteiger partial charge in [0, 0.05) is 11.5 Å². The largest absolute Gasteiger partial charge is 0.306 e. The SMILES string of the molecule is CC(C)(C)NCc1nnc(C2Cc3ccccc32)s1. The van der Waals surface area contributed by atoms with Crippen LogP contribution in [-0.2, 0) is 13.0 Å². The molecule has 0 radical (unpaired) electrons. The second-order valence-corrected chi connectivity index (χ2v) is 7.19. The van der Waals surface area contributed by atoms with Gasteiger partial charge in [0.05, 0.1) is 6.54 Å². The Morgan fingerprint density at radius 3 is 2.79 bits per heavy atom. The molecule has 1 N–H and O–H groups in total. The summed E-state index contributed by atoms with van der Waals surface area (Å²) in [5, 5.41) is 14.4. The van der Waals surface area contributed by atoms with Crippen LogP contribution in [0.3, 0.4) is 0 Å². The number of nitrogens with one attached hydrogen (secondary N) is 1. The van der Waals surface area contributed by atoms with Crippen molar-refractivity contribution >= 4 is 11.3 Å². The molecule has 100 valence electrons. The van der Waals surface area contributed by atoms with Gasteiger partial charge in [0.1, 0.15) is 10.0 Å². The first kappa shape index (κ1) is 12.8. The van der Waals surface area contributed by atoms with E-state index in [9.17, 15) is 0 Å². The van der Waals surface area contributed by atoms with Crippen LogP contribution in [0.5, 0.6) is 0 Å². The van der Waals surface area contributed by atoms with Gasteiger partial charge in [0.15, 0.2) is 0 Å². The molecule has 1 heterocycles.